The highest BCUT2D eigenvalue weighted by molar-refractivity contribution is 5.96. The molecule has 1 saturated heterocycles. The van der Waals surface area contributed by atoms with Crippen LogP contribution in [-0.2, 0) is 20.4 Å². The zero-order valence-corrected chi connectivity index (χ0v) is 12.6. The first-order valence-corrected chi connectivity index (χ1v) is 6.88. The van der Waals surface area contributed by atoms with Crippen molar-refractivity contribution in [2.24, 2.45) is 0 Å². The van der Waals surface area contributed by atoms with E-state index >= 15 is 0 Å². The fraction of sp³-hybridized carbons (Fsp3) is 0.500. The van der Waals surface area contributed by atoms with Crippen molar-refractivity contribution in [2.45, 2.75) is 31.4 Å². The van der Waals surface area contributed by atoms with Gasteiger partial charge in [-0.15, -0.1) is 0 Å². The summed E-state index contributed by atoms with van der Waals surface area (Å²) in [4.78, 5) is 15.5. The Hall–Kier alpha value is -2.22. The van der Waals surface area contributed by atoms with Crippen molar-refractivity contribution in [3.05, 3.63) is 23.5 Å². The second-order valence-corrected chi connectivity index (χ2v) is 5.33. The number of carbonyl (C=O) groups excluding carboxylic acids is 1. The molecule has 2 heterocycles. The van der Waals surface area contributed by atoms with Crippen LogP contribution in [0.15, 0.2) is 12.3 Å². The van der Waals surface area contributed by atoms with Gasteiger partial charge in [0, 0.05) is 6.42 Å². The van der Waals surface area contributed by atoms with Crippen LogP contribution < -0.4 is 5.32 Å². The molecule has 1 aromatic heterocycles. The number of alkyl halides is 3. The SMILES string of the molecule is CC(O)(CC1OCCO1)C(=O)Nc1cnc(C#N)c(C(F)(F)F)c1. The summed E-state index contributed by atoms with van der Waals surface area (Å²) < 4.78 is 48.9. The molecule has 24 heavy (non-hydrogen) atoms. The van der Waals surface area contributed by atoms with Gasteiger partial charge in [-0.1, -0.05) is 0 Å². The first-order valence-electron chi connectivity index (χ1n) is 6.88. The quantitative estimate of drug-likeness (QED) is 0.855. The predicted molar refractivity (Wildman–Crippen MR) is 73.5 cm³/mol. The van der Waals surface area contributed by atoms with Gasteiger partial charge in [-0.3, -0.25) is 4.79 Å². The van der Waals surface area contributed by atoms with Crippen LogP contribution in [0, 0.1) is 11.3 Å². The maximum Gasteiger partial charge on any atom is 0.419 e. The number of rotatable bonds is 4. The van der Waals surface area contributed by atoms with Gasteiger partial charge in [0.2, 0.25) is 0 Å². The molecule has 2 rings (SSSR count). The fourth-order valence-corrected chi connectivity index (χ4v) is 2.05. The number of nitrogens with one attached hydrogen (secondary N) is 1. The highest BCUT2D eigenvalue weighted by Gasteiger charge is 2.37. The van der Waals surface area contributed by atoms with E-state index in [-0.39, 0.29) is 12.1 Å². The van der Waals surface area contributed by atoms with Gasteiger partial charge in [-0.05, 0) is 13.0 Å². The maximum atomic E-state index is 12.9. The number of anilines is 1. The monoisotopic (exact) mass is 345 g/mol. The minimum Gasteiger partial charge on any atom is -0.380 e. The van der Waals surface area contributed by atoms with E-state index in [0.29, 0.717) is 19.3 Å². The minimum absolute atomic E-state index is 0.186. The normalized spacial score (nSPS) is 18.0. The molecule has 1 aromatic rings. The number of amides is 1. The van der Waals surface area contributed by atoms with Crippen LogP contribution in [0.5, 0.6) is 0 Å². The van der Waals surface area contributed by atoms with Crippen LogP contribution in [0.25, 0.3) is 0 Å². The first kappa shape index (κ1) is 18.1. The Morgan fingerprint density at radius 3 is 2.67 bits per heavy atom. The molecule has 10 heteroatoms. The van der Waals surface area contributed by atoms with E-state index in [1.807, 2.05) is 0 Å². The molecular formula is C14H14F3N3O4. The van der Waals surface area contributed by atoms with Crippen LogP contribution in [-0.4, -0.2) is 41.1 Å². The standard InChI is InChI=1S/C14H14F3N3O4/c1-13(22,5-11-23-2-3-24-11)12(21)20-8-4-9(14(15,16)17)10(6-18)19-7-8/h4,7,11,22H,2-3,5H2,1H3,(H,20,21). The highest BCUT2D eigenvalue weighted by atomic mass is 19.4. The van der Waals surface area contributed by atoms with Gasteiger partial charge in [0.25, 0.3) is 5.91 Å². The van der Waals surface area contributed by atoms with E-state index in [1.165, 1.54) is 13.0 Å². The van der Waals surface area contributed by atoms with Gasteiger partial charge < -0.3 is 19.9 Å². The number of hydrogen-bond acceptors (Lipinski definition) is 6. The average molecular weight is 345 g/mol. The van der Waals surface area contributed by atoms with Crippen molar-refractivity contribution in [1.29, 1.82) is 5.26 Å². The third kappa shape index (κ3) is 4.19. The Morgan fingerprint density at radius 1 is 1.50 bits per heavy atom. The van der Waals surface area contributed by atoms with E-state index in [0.717, 1.165) is 6.20 Å². The third-order valence-electron chi connectivity index (χ3n) is 3.30. The molecule has 0 spiro atoms. The molecule has 0 aromatic carbocycles. The van der Waals surface area contributed by atoms with Gasteiger partial charge in [0.1, 0.15) is 11.7 Å². The highest BCUT2D eigenvalue weighted by Crippen LogP contribution is 2.32. The van der Waals surface area contributed by atoms with E-state index in [2.05, 4.69) is 10.3 Å². The number of pyridine rings is 1. The summed E-state index contributed by atoms with van der Waals surface area (Å²) in [5, 5.41) is 21.0. The van der Waals surface area contributed by atoms with Crippen LogP contribution in [0.1, 0.15) is 24.6 Å². The van der Waals surface area contributed by atoms with Gasteiger partial charge >= 0.3 is 6.18 Å². The largest absolute Gasteiger partial charge is 0.419 e. The summed E-state index contributed by atoms with van der Waals surface area (Å²) in [5.74, 6) is -0.943. The lowest BCUT2D eigenvalue weighted by Gasteiger charge is -2.24. The summed E-state index contributed by atoms with van der Waals surface area (Å²) in [5.41, 5.74) is -4.30. The molecular weight excluding hydrogens is 331 g/mol. The maximum absolute atomic E-state index is 12.9. The Morgan fingerprint density at radius 2 is 2.12 bits per heavy atom. The molecule has 1 aliphatic heterocycles. The van der Waals surface area contributed by atoms with E-state index in [4.69, 9.17) is 14.7 Å². The molecule has 1 unspecified atom stereocenters. The van der Waals surface area contributed by atoms with Crippen molar-refractivity contribution in [3.8, 4) is 6.07 Å². The van der Waals surface area contributed by atoms with Crippen molar-refractivity contribution < 1.29 is 32.5 Å². The topological polar surface area (TPSA) is 104 Å². The number of nitriles is 1. The summed E-state index contributed by atoms with van der Waals surface area (Å²) in [6, 6.07) is 1.92. The molecule has 130 valence electrons. The third-order valence-corrected chi connectivity index (χ3v) is 3.30. The molecule has 1 amide bonds. The lowest BCUT2D eigenvalue weighted by Crippen LogP contribution is -2.43. The molecule has 0 radical (unpaired) electrons. The molecule has 1 fully saturated rings. The number of ether oxygens (including phenoxy) is 2. The Bertz CT molecular complexity index is 664. The van der Waals surface area contributed by atoms with Crippen LogP contribution in [0.4, 0.5) is 18.9 Å². The Labute approximate surface area is 135 Å². The predicted octanol–water partition coefficient (Wildman–Crippen LogP) is 1.42. The number of hydrogen-bond donors (Lipinski definition) is 2. The van der Waals surface area contributed by atoms with Crippen LogP contribution in [0.3, 0.4) is 0 Å². The average Bonchev–Trinajstić information content (AvgIpc) is 2.98. The van der Waals surface area contributed by atoms with Gasteiger partial charge in [0.15, 0.2) is 12.0 Å². The molecule has 0 saturated carbocycles. The molecule has 0 aliphatic carbocycles. The Kier molecular flexibility index (Phi) is 5.08. The number of carbonyl (C=O) groups is 1. The van der Waals surface area contributed by atoms with Gasteiger partial charge in [0.05, 0.1) is 30.7 Å². The summed E-state index contributed by atoms with van der Waals surface area (Å²) >= 11 is 0. The van der Waals surface area contributed by atoms with E-state index < -0.39 is 35.2 Å². The number of aromatic nitrogens is 1. The van der Waals surface area contributed by atoms with Crippen LogP contribution in [0.2, 0.25) is 0 Å². The first-order chi connectivity index (χ1) is 11.1. The second kappa shape index (κ2) is 6.72. The fourth-order valence-electron chi connectivity index (χ4n) is 2.05. The summed E-state index contributed by atoms with van der Waals surface area (Å²) in [6.45, 7) is 1.85. The minimum atomic E-state index is -4.80. The van der Waals surface area contributed by atoms with E-state index in [1.54, 1.807) is 0 Å². The second-order valence-electron chi connectivity index (χ2n) is 5.33. The zero-order valence-electron chi connectivity index (χ0n) is 12.6. The molecule has 7 nitrogen and oxygen atoms in total. The molecule has 2 N–H and O–H groups in total. The molecule has 1 aliphatic rings. The smallest absolute Gasteiger partial charge is 0.380 e. The van der Waals surface area contributed by atoms with Crippen molar-refractivity contribution >= 4 is 11.6 Å². The molecule has 1 atom stereocenters. The van der Waals surface area contributed by atoms with Crippen molar-refractivity contribution in [3.63, 3.8) is 0 Å². The number of halogens is 3. The van der Waals surface area contributed by atoms with E-state index in [9.17, 15) is 23.1 Å². The van der Waals surface area contributed by atoms with Gasteiger partial charge in [-0.25, -0.2) is 4.98 Å². The summed E-state index contributed by atoms with van der Waals surface area (Å²) in [6.07, 6.45) is -4.85. The van der Waals surface area contributed by atoms with Gasteiger partial charge in [-0.2, -0.15) is 18.4 Å². The molecule has 0 bridgehead atoms. The Balaban J connectivity index is 2.15. The lowest BCUT2D eigenvalue weighted by atomic mass is 10.0. The van der Waals surface area contributed by atoms with Crippen molar-refractivity contribution in [1.82, 2.24) is 4.98 Å². The van der Waals surface area contributed by atoms with Crippen molar-refractivity contribution in [2.75, 3.05) is 18.5 Å². The zero-order chi connectivity index (χ0) is 18.0. The lowest BCUT2D eigenvalue weighted by molar-refractivity contribution is -0.144. The summed E-state index contributed by atoms with van der Waals surface area (Å²) in [7, 11) is 0. The number of aliphatic hydroxyl groups is 1. The number of nitrogens with zero attached hydrogens (tertiary/aromatic N) is 2. The van der Waals surface area contributed by atoms with Crippen LogP contribution >= 0.6 is 0 Å².